The van der Waals surface area contributed by atoms with E-state index in [1.54, 1.807) is 6.07 Å². The maximum Gasteiger partial charge on any atom is 0.251 e. The van der Waals surface area contributed by atoms with Crippen LogP contribution in [-0.4, -0.2) is 10.5 Å². The van der Waals surface area contributed by atoms with Crippen molar-refractivity contribution in [3.8, 4) is 11.1 Å². The van der Waals surface area contributed by atoms with E-state index in [1.807, 2.05) is 13.0 Å². The fourth-order valence-corrected chi connectivity index (χ4v) is 4.73. The molecule has 0 spiro atoms. The molecule has 0 radical (unpaired) electrons. The van der Waals surface area contributed by atoms with Gasteiger partial charge in [-0.1, -0.05) is 51.2 Å². The second kappa shape index (κ2) is 9.40. The minimum Gasteiger partial charge on any atom is -0.366 e. The summed E-state index contributed by atoms with van der Waals surface area (Å²) >= 11 is 0. The van der Waals surface area contributed by atoms with Crippen LogP contribution in [0.3, 0.4) is 0 Å². The number of aromatic nitrogens is 1. The van der Waals surface area contributed by atoms with Crippen molar-refractivity contribution in [2.24, 2.45) is 11.7 Å². The van der Waals surface area contributed by atoms with Crippen molar-refractivity contribution < 1.29 is 9.18 Å². The number of hydrogen-bond donors (Lipinski definition) is 1. The Labute approximate surface area is 168 Å². The van der Waals surface area contributed by atoms with E-state index >= 15 is 0 Å². The normalized spacial score (nSPS) is 15.1. The molecule has 28 heavy (non-hydrogen) atoms. The van der Waals surface area contributed by atoms with Crippen molar-refractivity contribution in [1.29, 1.82) is 0 Å². The number of primary amides is 1. The molecule has 1 aliphatic rings. The lowest BCUT2D eigenvalue weighted by molar-refractivity contribution is 0.1000. The molecule has 4 heteroatoms. The quantitative estimate of drug-likeness (QED) is 0.556. The topological polar surface area (TPSA) is 48.0 Å². The van der Waals surface area contributed by atoms with Crippen molar-refractivity contribution in [1.82, 2.24) is 4.57 Å². The Hall–Kier alpha value is -2.10. The average molecular weight is 385 g/mol. The van der Waals surface area contributed by atoms with Crippen molar-refractivity contribution in [2.75, 3.05) is 0 Å². The SMILES string of the molecule is CCCCCc1c(-c2cccc(F)c2)c(C(N)=O)c(C)n1CC1CCCCC1. The van der Waals surface area contributed by atoms with Crippen LogP contribution in [0.4, 0.5) is 4.39 Å². The molecule has 0 unspecified atom stereocenters. The number of amides is 1. The standard InChI is InChI=1S/C24H33FN2O/c1-3-4-6-14-21-23(19-12-9-13-20(25)15-19)22(24(26)28)17(2)27(21)16-18-10-7-5-8-11-18/h9,12-13,15,18H,3-8,10-11,14,16H2,1-2H3,(H2,26,28). The van der Waals surface area contributed by atoms with Gasteiger partial charge in [0.15, 0.2) is 0 Å². The highest BCUT2D eigenvalue weighted by molar-refractivity contribution is 6.02. The van der Waals surface area contributed by atoms with Crippen LogP contribution in [0.2, 0.25) is 0 Å². The second-order valence-electron chi connectivity index (χ2n) is 8.23. The first kappa shape index (κ1) is 20.6. The highest BCUT2D eigenvalue weighted by atomic mass is 19.1. The molecule has 1 amide bonds. The van der Waals surface area contributed by atoms with Gasteiger partial charge in [-0.15, -0.1) is 0 Å². The van der Waals surface area contributed by atoms with Crippen LogP contribution in [0.25, 0.3) is 11.1 Å². The molecule has 0 saturated heterocycles. The van der Waals surface area contributed by atoms with Crippen molar-refractivity contribution >= 4 is 5.91 Å². The summed E-state index contributed by atoms with van der Waals surface area (Å²) in [5.41, 5.74) is 10.1. The fourth-order valence-electron chi connectivity index (χ4n) is 4.73. The van der Waals surface area contributed by atoms with Crippen LogP contribution in [0.1, 0.15) is 80.0 Å². The summed E-state index contributed by atoms with van der Waals surface area (Å²) < 4.78 is 16.3. The number of carbonyl (C=O) groups is 1. The summed E-state index contributed by atoms with van der Waals surface area (Å²) in [4.78, 5) is 12.4. The van der Waals surface area contributed by atoms with Crippen molar-refractivity contribution in [3.63, 3.8) is 0 Å². The van der Waals surface area contributed by atoms with E-state index in [4.69, 9.17) is 5.73 Å². The number of hydrogen-bond acceptors (Lipinski definition) is 1. The van der Waals surface area contributed by atoms with E-state index in [1.165, 1.54) is 44.2 Å². The minimum absolute atomic E-state index is 0.287. The van der Waals surface area contributed by atoms with Gasteiger partial charge in [0.2, 0.25) is 0 Å². The summed E-state index contributed by atoms with van der Waals surface area (Å²) in [5, 5.41) is 0. The Morgan fingerprint density at radius 3 is 2.61 bits per heavy atom. The number of unbranched alkanes of at least 4 members (excludes halogenated alkanes) is 2. The van der Waals surface area contributed by atoms with Gasteiger partial charge in [0.05, 0.1) is 5.56 Å². The minimum atomic E-state index is -0.420. The summed E-state index contributed by atoms with van der Waals surface area (Å²) in [6.07, 6.45) is 10.6. The zero-order valence-corrected chi connectivity index (χ0v) is 17.3. The third-order valence-corrected chi connectivity index (χ3v) is 6.17. The molecular formula is C24H33FN2O. The molecule has 1 aromatic carbocycles. The molecule has 2 N–H and O–H groups in total. The zero-order valence-electron chi connectivity index (χ0n) is 17.3. The van der Waals surface area contributed by atoms with Crippen molar-refractivity contribution in [2.45, 2.75) is 78.2 Å². The van der Waals surface area contributed by atoms with Gasteiger partial charge >= 0.3 is 0 Å². The van der Waals surface area contributed by atoms with Gasteiger partial charge in [0.1, 0.15) is 5.82 Å². The third-order valence-electron chi connectivity index (χ3n) is 6.17. The van der Waals surface area contributed by atoms with Crippen LogP contribution >= 0.6 is 0 Å². The molecule has 0 atom stereocenters. The van der Waals surface area contributed by atoms with Crippen molar-refractivity contribution in [3.05, 3.63) is 47.0 Å². The lowest BCUT2D eigenvalue weighted by atomic mass is 9.89. The van der Waals surface area contributed by atoms with Crippen LogP contribution in [0.5, 0.6) is 0 Å². The Kier molecular flexibility index (Phi) is 6.93. The highest BCUT2D eigenvalue weighted by Crippen LogP contribution is 2.36. The molecule has 3 rings (SSSR count). The molecular weight excluding hydrogens is 351 g/mol. The predicted octanol–water partition coefficient (Wildman–Crippen LogP) is 6.01. The van der Waals surface area contributed by atoms with Gasteiger partial charge < -0.3 is 10.3 Å². The van der Waals surface area contributed by atoms with Crippen LogP contribution in [0, 0.1) is 18.7 Å². The molecule has 1 saturated carbocycles. The number of rotatable bonds is 8. The molecule has 2 aromatic rings. The molecule has 3 nitrogen and oxygen atoms in total. The van der Waals surface area contributed by atoms with Crippen LogP contribution < -0.4 is 5.73 Å². The van der Waals surface area contributed by atoms with Gasteiger partial charge in [-0.3, -0.25) is 4.79 Å². The molecule has 1 aliphatic carbocycles. The third kappa shape index (κ3) is 4.48. The van der Waals surface area contributed by atoms with Gasteiger partial charge in [-0.25, -0.2) is 4.39 Å². The zero-order chi connectivity index (χ0) is 20.1. The molecule has 1 aromatic heterocycles. The van der Waals surface area contributed by atoms with E-state index < -0.39 is 5.91 Å². The summed E-state index contributed by atoms with van der Waals surface area (Å²) in [5.74, 6) is -0.0631. The Morgan fingerprint density at radius 1 is 1.21 bits per heavy atom. The lowest BCUT2D eigenvalue weighted by Gasteiger charge is -2.24. The van der Waals surface area contributed by atoms with E-state index in [0.29, 0.717) is 11.5 Å². The molecule has 1 fully saturated rings. The largest absolute Gasteiger partial charge is 0.366 e. The fraction of sp³-hybridized carbons (Fsp3) is 0.542. The number of nitrogens with zero attached hydrogens (tertiary/aromatic N) is 1. The van der Waals surface area contributed by atoms with Gasteiger partial charge in [0, 0.05) is 23.5 Å². The highest BCUT2D eigenvalue weighted by Gasteiger charge is 2.26. The maximum absolute atomic E-state index is 14.0. The smallest absolute Gasteiger partial charge is 0.251 e. The average Bonchev–Trinajstić information content (AvgIpc) is 2.95. The van der Waals surface area contributed by atoms with Crippen LogP contribution in [-0.2, 0) is 13.0 Å². The van der Waals surface area contributed by atoms with Gasteiger partial charge in [-0.2, -0.15) is 0 Å². The van der Waals surface area contributed by atoms with E-state index in [2.05, 4.69) is 11.5 Å². The summed E-state index contributed by atoms with van der Waals surface area (Å²) in [6, 6.07) is 6.56. The van der Waals surface area contributed by atoms with Gasteiger partial charge in [0.25, 0.3) is 5.91 Å². The maximum atomic E-state index is 14.0. The first-order chi connectivity index (χ1) is 13.5. The monoisotopic (exact) mass is 384 g/mol. The Bertz CT molecular complexity index is 818. The second-order valence-corrected chi connectivity index (χ2v) is 8.23. The van der Waals surface area contributed by atoms with Crippen LogP contribution in [0.15, 0.2) is 24.3 Å². The number of nitrogens with two attached hydrogens (primary N) is 1. The number of carbonyl (C=O) groups excluding carboxylic acids is 1. The first-order valence-corrected chi connectivity index (χ1v) is 10.8. The number of halogens is 1. The molecule has 152 valence electrons. The molecule has 0 bridgehead atoms. The van der Waals surface area contributed by atoms with Gasteiger partial charge in [-0.05, 0) is 56.2 Å². The van der Waals surface area contributed by atoms with E-state index in [-0.39, 0.29) is 5.82 Å². The summed E-state index contributed by atoms with van der Waals surface area (Å²) in [6.45, 7) is 5.12. The summed E-state index contributed by atoms with van der Waals surface area (Å²) in [7, 11) is 0. The Balaban J connectivity index is 2.11. The molecule has 0 aliphatic heterocycles. The molecule has 1 heterocycles. The Morgan fingerprint density at radius 2 is 1.96 bits per heavy atom. The first-order valence-electron chi connectivity index (χ1n) is 10.8. The van der Waals surface area contributed by atoms with E-state index in [0.717, 1.165) is 54.7 Å². The van der Waals surface area contributed by atoms with E-state index in [9.17, 15) is 9.18 Å². The lowest BCUT2D eigenvalue weighted by Crippen LogP contribution is -2.18. The number of benzene rings is 1. The predicted molar refractivity (Wildman–Crippen MR) is 113 cm³/mol.